The standard InChI is InChI=1S/C11H14N2O/c12-11(14)9-5-6-13-10(7-9)8-3-1-2-4-8/h5-8H,1-4H2,(H2,12,14). The Hall–Kier alpha value is -1.38. The van der Waals surface area contributed by atoms with Gasteiger partial charge in [0.05, 0.1) is 0 Å². The molecule has 1 saturated carbocycles. The van der Waals surface area contributed by atoms with E-state index in [1.54, 1.807) is 12.3 Å². The molecule has 0 bridgehead atoms. The van der Waals surface area contributed by atoms with E-state index >= 15 is 0 Å². The lowest BCUT2D eigenvalue weighted by atomic mass is 10.0. The van der Waals surface area contributed by atoms with Gasteiger partial charge in [0.15, 0.2) is 0 Å². The van der Waals surface area contributed by atoms with Crippen molar-refractivity contribution in [2.45, 2.75) is 31.6 Å². The van der Waals surface area contributed by atoms with Gasteiger partial charge in [0.1, 0.15) is 0 Å². The maximum absolute atomic E-state index is 11.0. The molecular formula is C11H14N2O. The number of pyridine rings is 1. The molecule has 1 aliphatic carbocycles. The highest BCUT2D eigenvalue weighted by atomic mass is 16.1. The van der Waals surface area contributed by atoms with E-state index in [0.717, 1.165) is 5.69 Å². The Morgan fingerprint density at radius 3 is 2.79 bits per heavy atom. The van der Waals surface area contributed by atoms with Crippen molar-refractivity contribution in [1.29, 1.82) is 0 Å². The van der Waals surface area contributed by atoms with Gasteiger partial charge in [-0.2, -0.15) is 0 Å². The summed E-state index contributed by atoms with van der Waals surface area (Å²) < 4.78 is 0. The highest BCUT2D eigenvalue weighted by Gasteiger charge is 2.18. The molecule has 74 valence electrons. The van der Waals surface area contributed by atoms with Crippen molar-refractivity contribution in [1.82, 2.24) is 4.98 Å². The van der Waals surface area contributed by atoms with Crippen LogP contribution in [0.1, 0.15) is 47.7 Å². The fourth-order valence-corrected chi connectivity index (χ4v) is 2.05. The van der Waals surface area contributed by atoms with Crippen LogP contribution < -0.4 is 5.73 Å². The third-order valence-corrected chi connectivity index (χ3v) is 2.84. The van der Waals surface area contributed by atoms with Gasteiger partial charge in [0.2, 0.25) is 5.91 Å². The third-order valence-electron chi connectivity index (χ3n) is 2.84. The summed E-state index contributed by atoms with van der Waals surface area (Å²) in [7, 11) is 0. The van der Waals surface area contributed by atoms with E-state index in [9.17, 15) is 4.79 Å². The molecule has 0 radical (unpaired) electrons. The maximum Gasteiger partial charge on any atom is 0.248 e. The van der Waals surface area contributed by atoms with Crippen LogP contribution in [0.15, 0.2) is 18.3 Å². The van der Waals surface area contributed by atoms with Gasteiger partial charge in [-0.15, -0.1) is 0 Å². The number of nitrogens with two attached hydrogens (primary N) is 1. The lowest BCUT2D eigenvalue weighted by molar-refractivity contribution is 0.1000. The summed E-state index contributed by atoms with van der Waals surface area (Å²) >= 11 is 0. The Labute approximate surface area is 83.3 Å². The zero-order chi connectivity index (χ0) is 9.97. The van der Waals surface area contributed by atoms with Crippen molar-refractivity contribution >= 4 is 5.91 Å². The first-order valence-electron chi connectivity index (χ1n) is 5.03. The molecule has 0 aromatic carbocycles. The summed E-state index contributed by atoms with van der Waals surface area (Å²) in [5.74, 6) is 0.168. The lowest BCUT2D eigenvalue weighted by Gasteiger charge is -2.08. The van der Waals surface area contributed by atoms with Gasteiger partial charge in [0, 0.05) is 23.4 Å². The van der Waals surface area contributed by atoms with Gasteiger partial charge in [-0.3, -0.25) is 9.78 Å². The van der Waals surface area contributed by atoms with Crippen molar-refractivity contribution < 1.29 is 4.79 Å². The first-order valence-corrected chi connectivity index (χ1v) is 5.03. The SMILES string of the molecule is NC(=O)c1ccnc(C2CCCC2)c1. The van der Waals surface area contributed by atoms with Gasteiger partial charge >= 0.3 is 0 Å². The van der Waals surface area contributed by atoms with Crippen molar-refractivity contribution in [2.75, 3.05) is 0 Å². The molecule has 1 amide bonds. The highest BCUT2D eigenvalue weighted by Crippen LogP contribution is 2.32. The van der Waals surface area contributed by atoms with Crippen LogP contribution in [0.4, 0.5) is 0 Å². The minimum atomic E-state index is -0.369. The van der Waals surface area contributed by atoms with E-state index in [2.05, 4.69) is 4.98 Å². The molecule has 0 atom stereocenters. The van der Waals surface area contributed by atoms with Crippen LogP contribution in [-0.4, -0.2) is 10.9 Å². The molecule has 0 spiro atoms. The normalized spacial score (nSPS) is 17.1. The van der Waals surface area contributed by atoms with Gasteiger partial charge in [0.25, 0.3) is 0 Å². The average Bonchev–Trinajstić information content (AvgIpc) is 2.71. The van der Waals surface area contributed by atoms with Crippen molar-refractivity contribution in [3.8, 4) is 0 Å². The predicted molar refractivity (Wildman–Crippen MR) is 54.0 cm³/mol. The molecule has 2 N–H and O–H groups in total. The third kappa shape index (κ3) is 1.76. The quantitative estimate of drug-likeness (QED) is 0.773. The summed E-state index contributed by atoms with van der Waals surface area (Å²) in [6, 6.07) is 3.50. The summed E-state index contributed by atoms with van der Waals surface area (Å²) in [5.41, 5.74) is 6.81. The fourth-order valence-electron chi connectivity index (χ4n) is 2.05. The molecule has 2 rings (SSSR count). The summed E-state index contributed by atoms with van der Waals surface area (Å²) in [6.07, 6.45) is 6.60. The molecule has 0 unspecified atom stereocenters. The van der Waals surface area contributed by atoms with Gasteiger partial charge in [-0.05, 0) is 25.0 Å². The fraction of sp³-hybridized carbons (Fsp3) is 0.455. The molecule has 14 heavy (non-hydrogen) atoms. The maximum atomic E-state index is 11.0. The monoisotopic (exact) mass is 190 g/mol. The number of hydrogen-bond acceptors (Lipinski definition) is 2. The van der Waals surface area contributed by atoms with Gasteiger partial charge in [-0.25, -0.2) is 0 Å². The van der Waals surface area contributed by atoms with E-state index in [0.29, 0.717) is 11.5 Å². The van der Waals surface area contributed by atoms with E-state index in [1.165, 1.54) is 25.7 Å². The molecule has 1 fully saturated rings. The van der Waals surface area contributed by atoms with Crippen molar-refractivity contribution in [3.63, 3.8) is 0 Å². The smallest absolute Gasteiger partial charge is 0.248 e. The topological polar surface area (TPSA) is 56.0 Å². The van der Waals surface area contributed by atoms with Crippen LogP contribution in [0.25, 0.3) is 0 Å². The number of carbonyl (C=O) groups excluding carboxylic acids is 1. The number of nitrogens with zero attached hydrogens (tertiary/aromatic N) is 1. The van der Waals surface area contributed by atoms with E-state index in [1.807, 2.05) is 6.07 Å². The predicted octanol–water partition coefficient (Wildman–Crippen LogP) is 1.84. The van der Waals surface area contributed by atoms with E-state index < -0.39 is 0 Å². The Kier molecular flexibility index (Phi) is 2.48. The van der Waals surface area contributed by atoms with Crippen LogP contribution in [0, 0.1) is 0 Å². The Morgan fingerprint density at radius 2 is 2.14 bits per heavy atom. The van der Waals surface area contributed by atoms with Gasteiger partial charge in [-0.1, -0.05) is 12.8 Å². The molecule has 0 saturated heterocycles. The lowest BCUT2D eigenvalue weighted by Crippen LogP contribution is -2.12. The molecule has 1 heterocycles. The second-order valence-corrected chi connectivity index (χ2v) is 3.82. The van der Waals surface area contributed by atoms with Crippen LogP contribution in [0.3, 0.4) is 0 Å². The largest absolute Gasteiger partial charge is 0.366 e. The zero-order valence-corrected chi connectivity index (χ0v) is 8.07. The average molecular weight is 190 g/mol. The first-order chi connectivity index (χ1) is 6.77. The number of aromatic nitrogens is 1. The van der Waals surface area contributed by atoms with Crippen molar-refractivity contribution in [2.24, 2.45) is 5.73 Å². The highest BCUT2D eigenvalue weighted by molar-refractivity contribution is 5.92. The molecule has 0 aliphatic heterocycles. The molecule has 3 heteroatoms. The Morgan fingerprint density at radius 1 is 1.43 bits per heavy atom. The van der Waals surface area contributed by atoms with Crippen molar-refractivity contribution in [3.05, 3.63) is 29.6 Å². The molecule has 3 nitrogen and oxygen atoms in total. The molecule has 1 aromatic heterocycles. The first kappa shape index (κ1) is 9.19. The minimum Gasteiger partial charge on any atom is -0.366 e. The molecular weight excluding hydrogens is 176 g/mol. The number of hydrogen-bond donors (Lipinski definition) is 1. The van der Waals surface area contributed by atoms with E-state index in [4.69, 9.17) is 5.73 Å². The van der Waals surface area contributed by atoms with E-state index in [-0.39, 0.29) is 5.91 Å². The summed E-state index contributed by atoms with van der Waals surface area (Å²) in [5, 5.41) is 0. The summed E-state index contributed by atoms with van der Waals surface area (Å²) in [4.78, 5) is 15.3. The summed E-state index contributed by atoms with van der Waals surface area (Å²) in [6.45, 7) is 0. The number of primary amides is 1. The number of rotatable bonds is 2. The van der Waals surface area contributed by atoms with Crippen LogP contribution >= 0.6 is 0 Å². The second-order valence-electron chi connectivity index (χ2n) is 3.82. The second kappa shape index (κ2) is 3.78. The van der Waals surface area contributed by atoms with Crippen LogP contribution in [-0.2, 0) is 0 Å². The Bertz CT molecular complexity index is 343. The zero-order valence-electron chi connectivity index (χ0n) is 8.07. The number of carbonyl (C=O) groups is 1. The van der Waals surface area contributed by atoms with Crippen LogP contribution in [0.5, 0.6) is 0 Å². The molecule has 1 aliphatic rings. The van der Waals surface area contributed by atoms with Gasteiger partial charge < -0.3 is 5.73 Å². The Balaban J connectivity index is 2.25. The minimum absolute atomic E-state index is 0.369. The molecule has 1 aromatic rings. The number of amides is 1. The van der Waals surface area contributed by atoms with Crippen LogP contribution in [0.2, 0.25) is 0 Å².